The number of esters is 1. The van der Waals surface area contributed by atoms with E-state index in [1.807, 2.05) is 27.7 Å². The minimum absolute atomic E-state index is 0.0342. The Balaban J connectivity index is 2.18. The third-order valence-electron chi connectivity index (χ3n) is 4.45. The van der Waals surface area contributed by atoms with Crippen molar-refractivity contribution in [3.63, 3.8) is 0 Å². The van der Waals surface area contributed by atoms with Gasteiger partial charge in [-0.2, -0.15) is 0 Å². The van der Waals surface area contributed by atoms with Gasteiger partial charge in [-0.05, 0) is 37.3 Å². The number of nitrogens with zero attached hydrogens (tertiary/aromatic N) is 1. The molecule has 3 amide bonds. The molecule has 0 aliphatic carbocycles. The van der Waals surface area contributed by atoms with Crippen LogP contribution in [0, 0.1) is 11.8 Å². The molecule has 1 aromatic carbocycles. The van der Waals surface area contributed by atoms with Crippen molar-refractivity contribution in [3.05, 3.63) is 35.4 Å². The molecule has 1 heterocycles. The van der Waals surface area contributed by atoms with Crippen LogP contribution in [-0.4, -0.2) is 47.3 Å². The van der Waals surface area contributed by atoms with Gasteiger partial charge in [0, 0.05) is 6.54 Å². The highest BCUT2D eigenvalue weighted by atomic mass is 16.5. The second-order valence-corrected chi connectivity index (χ2v) is 7.89. The summed E-state index contributed by atoms with van der Waals surface area (Å²) < 4.78 is 5.32. The number of carbonyl (C=O) groups excluding carboxylic acids is 4. The molecule has 1 aromatic rings. The number of imide groups is 1. The molecule has 0 saturated heterocycles. The molecule has 28 heavy (non-hydrogen) atoms. The zero-order valence-corrected chi connectivity index (χ0v) is 17.0. The molecule has 0 bridgehead atoms. The van der Waals surface area contributed by atoms with Gasteiger partial charge in [0.2, 0.25) is 0 Å². The van der Waals surface area contributed by atoms with Gasteiger partial charge in [-0.3, -0.25) is 19.3 Å². The van der Waals surface area contributed by atoms with E-state index in [9.17, 15) is 19.2 Å². The Bertz CT molecular complexity index is 737. The molecule has 7 heteroatoms. The van der Waals surface area contributed by atoms with Gasteiger partial charge < -0.3 is 10.1 Å². The zero-order chi connectivity index (χ0) is 21.0. The van der Waals surface area contributed by atoms with Crippen molar-refractivity contribution in [3.8, 4) is 0 Å². The van der Waals surface area contributed by atoms with Crippen LogP contribution in [0.4, 0.5) is 0 Å². The number of nitrogens with one attached hydrogen (secondary N) is 1. The average molecular weight is 388 g/mol. The van der Waals surface area contributed by atoms with Crippen LogP contribution >= 0.6 is 0 Å². The number of rotatable bonds is 8. The molecule has 1 aliphatic heterocycles. The van der Waals surface area contributed by atoms with E-state index in [0.717, 1.165) is 4.90 Å². The molecule has 2 rings (SSSR count). The molecule has 0 radical (unpaired) electrons. The van der Waals surface area contributed by atoms with Crippen LogP contribution in [0.2, 0.25) is 0 Å². The highest BCUT2D eigenvalue weighted by Gasteiger charge is 2.44. The standard InChI is InChI=1S/C21H28N2O5/c1-12(2)10-17(21(27)28-14(5)18(24)22-11-13(3)4)23-19(25)15-8-6-7-9-16(15)20(23)26/h6-9,12-14,17H,10-11H2,1-5H3,(H,22,24)/t14-,17-/m0/s1. The Labute approximate surface area is 165 Å². The van der Waals surface area contributed by atoms with Crippen LogP contribution < -0.4 is 5.32 Å². The van der Waals surface area contributed by atoms with Crippen molar-refractivity contribution < 1.29 is 23.9 Å². The summed E-state index contributed by atoms with van der Waals surface area (Å²) in [6, 6.07) is 5.40. The first-order valence-corrected chi connectivity index (χ1v) is 9.58. The molecule has 1 aliphatic rings. The second-order valence-electron chi connectivity index (χ2n) is 7.89. The fourth-order valence-electron chi connectivity index (χ4n) is 3.00. The van der Waals surface area contributed by atoms with Crippen LogP contribution in [0.15, 0.2) is 24.3 Å². The molecule has 0 saturated carbocycles. The van der Waals surface area contributed by atoms with Crippen molar-refractivity contribution >= 4 is 23.7 Å². The highest BCUT2D eigenvalue weighted by molar-refractivity contribution is 6.22. The van der Waals surface area contributed by atoms with E-state index in [1.165, 1.54) is 6.92 Å². The SMILES string of the molecule is CC(C)CNC(=O)[C@H](C)OC(=O)[C@H](CC(C)C)N1C(=O)c2ccccc2C1=O. The Morgan fingerprint density at radius 3 is 1.96 bits per heavy atom. The first kappa shape index (κ1) is 21.6. The smallest absolute Gasteiger partial charge is 0.330 e. The maximum Gasteiger partial charge on any atom is 0.330 e. The lowest BCUT2D eigenvalue weighted by atomic mass is 10.0. The normalized spacial score (nSPS) is 15.6. The molecule has 152 valence electrons. The Morgan fingerprint density at radius 1 is 0.964 bits per heavy atom. The number of benzene rings is 1. The lowest BCUT2D eigenvalue weighted by molar-refractivity contribution is -0.159. The molecule has 0 aromatic heterocycles. The van der Waals surface area contributed by atoms with Gasteiger partial charge in [0.25, 0.3) is 17.7 Å². The Morgan fingerprint density at radius 2 is 1.50 bits per heavy atom. The predicted octanol–water partition coefficient (Wildman–Crippen LogP) is 2.40. The van der Waals surface area contributed by atoms with Crippen molar-refractivity contribution in [2.75, 3.05) is 6.54 Å². The topological polar surface area (TPSA) is 92.8 Å². The Kier molecular flexibility index (Phi) is 6.94. The maximum atomic E-state index is 12.8. The van der Waals surface area contributed by atoms with Gasteiger partial charge in [0.1, 0.15) is 6.04 Å². The number of fused-ring (bicyclic) bond motifs is 1. The Hall–Kier alpha value is -2.70. The van der Waals surface area contributed by atoms with Gasteiger partial charge in [-0.25, -0.2) is 4.79 Å². The average Bonchev–Trinajstić information content (AvgIpc) is 2.88. The molecule has 1 N–H and O–H groups in total. The summed E-state index contributed by atoms with van der Waals surface area (Å²) in [5.41, 5.74) is 0.550. The summed E-state index contributed by atoms with van der Waals surface area (Å²) in [4.78, 5) is 51.4. The zero-order valence-electron chi connectivity index (χ0n) is 17.0. The first-order chi connectivity index (χ1) is 13.1. The summed E-state index contributed by atoms with van der Waals surface area (Å²) in [5.74, 6) is -1.89. The van der Waals surface area contributed by atoms with Crippen molar-refractivity contribution in [2.45, 2.75) is 53.2 Å². The third kappa shape index (κ3) is 4.77. The van der Waals surface area contributed by atoms with E-state index >= 15 is 0 Å². The van der Waals surface area contributed by atoms with Crippen molar-refractivity contribution in [1.29, 1.82) is 0 Å². The van der Waals surface area contributed by atoms with E-state index in [4.69, 9.17) is 4.74 Å². The molecular weight excluding hydrogens is 360 g/mol. The lowest BCUT2D eigenvalue weighted by Gasteiger charge is -2.27. The van der Waals surface area contributed by atoms with Gasteiger partial charge in [0.05, 0.1) is 11.1 Å². The number of hydrogen-bond donors (Lipinski definition) is 1. The van der Waals surface area contributed by atoms with Crippen LogP contribution in [0.3, 0.4) is 0 Å². The van der Waals surface area contributed by atoms with E-state index in [2.05, 4.69) is 5.32 Å². The summed E-state index contributed by atoms with van der Waals surface area (Å²) in [5, 5.41) is 2.70. The third-order valence-corrected chi connectivity index (χ3v) is 4.45. The van der Waals surface area contributed by atoms with E-state index < -0.39 is 35.8 Å². The minimum atomic E-state index is -1.08. The van der Waals surface area contributed by atoms with E-state index in [0.29, 0.717) is 6.54 Å². The number of carbonyl (C=O) groups is 4. The van der Waals surface area contributed by atoms with Gasteiger partial charge in [-0.15, -0.1) is 0 Å². The maximum absolute atomic E-state index is 12.8. The summed E-state index contributed by atoms with van der Waals surface area (Å²) >= 11 is 0. The largest absolute Gasteiger partial charge is 0.451 e. The van der Waals surface area contributed by atoms with Crippen LogP contribution in [0.1, 0.15) is 61.8 Å². The van der Waals surface area contributed by atoms with Crippen molar-refractivity contribution in [2.24, 2.45) is 11.8 Å². The number of amides is 3. The summed E-state index contributed by atoms with van der Waals surface area (Å²) in [7, 11) is 0. The van der Waals surface area contributed by atoms with E-state index in [-0.39, 0.29) is 29.4 Å². The molecule has 0 spiro atoms. The van der Waals surface area contributed by atoms with Gasteiger partial charge in [-0.1, -0.05) is 39.8 Å². The van der Waals surface area contributed by atoms with Crippen LogP contribution in [-0.2, 0) is 14.3 Å². The number of hydrogen-bond acceptors (Lipinski definition) is 5. The highest BCUT2D eigenvalue weighted by Crippen LogP contribution is 2.27. The van der Waals surface area contributed by atoms with Gasteiger partial charge in [0.15, 0.2) is 6.10 Å². The van der Waals surface area contributed by atoms with E-state index in [1.54, 1.807) is 24.3 Å². The monoisotopic (exact) mass is 388 g/mol. The summed E-state index contributed by atoms with van der Waals surface area (Å²) in [6.07, 6.45) is -0.763. The molecule has 0 unspecified atom stereocenters. The lowest BCUT2D eigenvalue weighted by Crippen LogP contribution is -2.48. The fraction of sp³-hybridized carbons (Fsp3) is 0.524. The quantitative estimate of drug-likeness (QED) is 0.545. The van der Waals surface area contributed by atoms with Crippen LogP contribution in [0.25, 0.3) is 0 Å². The fourth-order valence-corrected chi connectivity index (χ4v) is 3.00. The second kappa shape index (κ2) is 8.99. The molecule has 2 atom stereocenters. The van der Waals surface area contributed by atoms with Crippen molar-refractivity contribution in [1.82, 2.24) is 10.2 Å². The number of ether oxygens (including phenoxy) is 1. The molecule has 7 nitrogen and oxygen atoms in total. The first-order valence-electron chi connectivity index (χ1n) is 9.58. The predicted molar refractivity (Wildman–Crippen MR) is 104 cm³/mol. The molecular formula is C21H28N2O5. The summed E-state index contributed by atoms with van der Waals surface area (Å²) in [6.45, 7) is 9.63. The minimum Gasteiger partial charge on any atom is -0.451 e. The van der Waals surface area contributed by atoms with Crippen LogP contribution in [0.5, 0.6) is 0 Å². The van der Waals surface area contributed by atoms with Gasteiger partial charge >= 0.3 is 5.97 Å². The molecule has 0 fully saturated rings.